The molecule has 7 N–H and O–H groups in total. The van der Waals surface area contributed by atoms with E-state index in [2.05, 4.69) is 5.32 Å². The lowest BCUT2D eigenvalue weighted by atomic mass is 9.52. The number of hydrogen-bond acceptors (Lipinski definition) is 14. The molecule has 2 aromatic carbocycles. The van der Waals surface area contributed by atoms with Crippen LogP contribution in [0.25, 0.3) is 0 Å². The topological polar surface area (TPSA) is 256 Å². The smallest absolute Gasteiger partial charge is 0.353 e. The molecule has 0 aromatic heterocycles. The summed E-state index contributed by atoms with van der Waals surface area (Å²) in [4.78, 5) is 61.6. The van der Waals surface area contributed by atoms with Crippen LogP contribution in [0.4, 0.5) is 0 Å². The van der Waals surface area contributed by atoms with Gasteiger partial charge in [-0.05, 0) is 37.6 Å². The van der Waals surface area contributed by atoms with Crippen molar-refractivity contribution in [2.45, 2.75) is 80.2 Å². The molecular formula is C33H35NO15. The Kier molecular flexibility index (Phi) is 9.70. The molecule has 2 aliphatic carbocycles. The molecule has 49 heavy (non-hydrogen) atoms. The molecule has 16 nitrogen and oxygen atoms in total. The van der Waals surface area contributed by atoms with E-state index in [9.17, 15) is 49.5 Å². The quantitative estimate of drug-likeness (QED) is 0.108. The number of aliphatic hydroxyl groups excluding tert-OH is 2. The molecule has 0 saturated carbocycles. The van der Waals surface area contributed by atoms with E-state index in [-0.39, 0.29) is 35.7 Å². The number of carbonyl (C=O) groups is 5. The van der Waals surface area contributed by atoms with Crippen molar-refractivity contribution in [3.63, 3.8) is 0 Å². The van der Waals surface area contributed by atoms with Crippen molar-refractivity contribution in [1.29, 1.82) is 0 Å². The maximum absolute atomic E-state index is 13.2. The van der Waals surface area contributed by atoms with Crippen LogP contribution in [-0.4, -0.2) is 104 Å². The third-order valence-electron chi connectivity index (χ3n) is 9.35. The van der Waals surface area contributed by atoms with Crippen LogP contribution < -0.4 is 10.1 Å². The number of likely N-dealkylation sites (N-methyl/N-ethyl adjacent to an activating group) is 1. The van der Waals surface area contributed by atoms with Gasteiger partial charge in [0.05, 0.1) is 17.4 Å². The zero-order chi connectivity index (χ0) is 35.8. The number of aliphatic hydroxyl groups is 3. The van der Waals surface area contributed by atoms with Gasteiger partial charge in [0.1, 0.15) is 5.76 Å². The molecule has 1 heterocycles. The molecule has 5 rings (SSSR count). The summed E-state index contributed by atoms with van der Waals surface area (Å²) in [5.41, 5.74) is -1.38. The van der Waals surface area contributed by atoms with Crippen LogP contribution in [0.2, 0.25) is 0 Å². The van der Waals surface area contributed by atoms with Crippen molar-refractivity contribution in [2.24, 2.45) is 0 Å². The van der Waals surface area contributed by atoms with Crippen LogP contribution in [-0.2, 0) is 50.0 Å². The van der Waals surface area contributed by atoms with Crippen LogP contribution in [0, 0.1) is 0 Å². The average molecular weight is 686 g/mol. The lowest BCUT2D eigenvalue weighted by Crippen LogP contribution is -2.70. The van der Waals surface area contributed by atoms with E-state index in [1.807, 2.05) is 0 Å². The summed E-state index contributed by atoms with van der Waals surface area (Å²) < 4.78 is 21.4. The number of esters is 3. The van der Waals surface area contributed by atoms with Gasteiger partial charge in [-0.25, -0.2) is 19.2 Å². The zero-order valence-corrected chi connectivity index (χ0v) is 26.3. The minimum absolute atomic E-state index is 0.0376. The van der Waals surface area contributed by atoms with Crippen LogP contribution in [0.3, 0.4) is 0 Å². The molecule has 262 valence electrons. The van der Waals surface area contributed by atoms with Gasteiger partial charge in [-0.2, -0.15) is 0 Å². The van der Waals surface area contributed by atoms with Crippen LogP contribution in [0.15, 0.2) is 54.3 Å². The van der Waals surface area contributed by atoms with Gasteiger partial charge in [0.25, 0.3) is 0 Å². The molecule has 0 spiro atoms. The number of carboxylic acid groups (broad SMARTS) is 2. The molecule has 0 unspecified atom stereocenters. The second-order valence-electron chi connectivity index (χ2n) is 12.0. The van der Waals surface area contributed by atoms with Crippen molar-refractivity contribution in [1.82, 2.24) is 5.32 Å². The molecule has 1 aliphatic heterocycles. The Morgan fingerprint density at radius 1 is 0.980 bits per heavy atom. The maximum atomic E-state index is 13.2. The Bertz CT molecular complexity index is 1690. The number of carbonyl (C=O) groups excluding carboxylic acids is 3. The highest BCUT2D eigenvalue weighted by Gasteiger charge is 2.69. The van der Waals surface area contributed by atoms with E-state index in [1.165, 1.54) is 42.5 Å². The minimum atomic E-state index is -2.64. The fraction of sp³-hybridized carbons (Fsp3) is 0.424. The summed E-state index contributed by atoms with van der Waals surface area (Å²) in [7, 11) is 1.70. The summed E-state index contributed by atoms with van der Waals surface area (Å²) in [6, 6.07) is 9.69. The number of phenolic OH excluding ortho intramolecular Hbond substituents is 1. The number of hydrogen-bond donors (Lipinski definition) is 7. The summed E-state index contributed by atoms with van der Waals surface area (Å²) >= 11 is 0. The third kappa shape index (κ3) is 5.96. The molecule has 0 fully saturated rings. The third-order valence-corrected chi connectivity index (χ3v) is 9.35. The Morgan fingerprint density at radius 3 is 2.27 bits per heavy atom. The fourth-order valence-corrected chi connectivity index (χ4v) is 7.02. The molecule has 0 saturated heterocycles. The second kappa shape index (κ2) is 13.5. The zero-order valence-electron chi connectivity index (χ0n) is 26.3. The van der Waals surface area contributed by atoms with Gasteiger partial charge in [-0.3, -0.25) is 4.79 Å². The largest absolute Gasteiger partial charge is 0.504 e. The highest BCUT2D eigenvalue weighted by Crippen LogP contribution is 2.63. The Balaban J connectivity index is 1.35. The van der Waals surface area contributed by atoms with E-state index in [1.54, 1.807) is 20.0 Å². The molecule has 0 amide bonds. The van der Waals surface area contributed by atoms with Gasteiger partial charge in [-0.15, -0.1) is 0 Å². The van der Waals surface area contributed by atoms with Gasteiger partial charge < -0.3 is 54.9 Å². The fourth-order valence-electron chi connectivity index (χ4n) is 7.02. The second-order valence-corrected chi connectivity index (χ2v) is 12.0. The monoisotopic (exact) mass is 685 g/mol. The Labute approximate surface area is 278 Å². The Morgan fingerprint density at radius 2 is 1.65 bits per heavy atom. The van der Waals surface area contributed by atoms with E-state index in [0.29, 0.717) is 12.0 Å². The number of benzene rings is 2. The molecule has 16 heteroatoms. The number of aromatic hydroxyl groups is 1. The van der Waals surface area contributed by atoms with Gasteiger partial charge in [0, 0.05) is 23.6 Å². The maximum Gasteiger partial charge on any atom is 0.353 e. The summed E-state index contributed by atoms with van der Waals surface area (Å²) in [6.45, 7) is 1.80. The van der Waals surface area contributed by atoms with Crippen molar-refractivity contribution >= 4 is 29.8 Å². The summed E-state index contributed by atoms with van der Waals surface area (Å²) in [5, 5.41) is 65.5. The predicted octanol–water partition coefficient (Wildman–Crippen LogP) is -0.0156. The predicted molar refractivity (Wildman–Crippen MR) is 162 cm³/mol. The van der Waals surface area contributed by atoms with Gasteiger partial charge in [-0.1, -0.05) is 43.3 Å². The van der Waals surface area contributed by atoms with Gasteiger partial charge in [0.2, 0.25) is 12.2 Å². The number of phenols is 1. The SMILES string of the molecule is CC[C@]12c3c4ccc(O)c3O[C@H]1C(OC(=O)[C@H](O)[C@@H](O)C(=O)O[C@H](C(=O)O[C@@H](CC(=O)O)C(=O)O)c1ccccc1)=CC[C@@]2(O)[C@H](NC)C4. The van der Waals surface area contributed by atoms with Crippen molar-refractivity contribution < 1.29 is 73.6 Å². The van der Waals surface area contributed by atoms with E-state index < -0.39 is 83.8 Å². The lowest BCUT2D eigenvalue weighted by molar-refractivity contribution is -0.187. The lowest BCUT2D eigenvalue weighted by Gasteiger charge is -2.56. The number of aliphatic carboxylic acids is 2. The van der Waals surface area contributed by atoms with Crippen LogP contribution in [0.1, 0.15) is 49.0 Å². The van der Waals surface area contributed by atoms with Crippen LogP contribution in [0.5, 0.6) is 11.5 Å². The summed E-state index contributed by atoms with van der Waals surface area (Å²) in [5.74, 6) is -8.36. The highest BCUT2D eigenvalue weighted by atomic mass is 16.6. The molecular weight excluding hydrogens is 650 g/mol. The van der Waals surface area contributed by atoms with Crippen molar-refractivity contribution in [3.05, 3.63) is 71.0 Å². The summed E-state index contributed by atoms with van der Waals surface area (Å²) in [6.07, 6.45) is -9.64. The molecule has 3 aliphatic rings. The average Bonchev–Trinajstić information content (AvgIpc) is 3.46. The Hall–Kier alpha value is -5.03. The first-order chi connectivity index (χ1) is 23.2. The molecule has 0 bridgehead atoms. The van der Waals surface area contributed by atoms with Crippen LogP contribution >= 0.6 is 0 Å². The normalized spacial score (nSPS) is 25.7. The van der Waals surface area contributed by atoms with E-state index in [0.717, 1.165) is 5.56 Å². The minimum Gasteiger partial charge on any atom is -0.504 e. The molecule has 0 radical (unpaired) electrons. The first kappa shape index (κ1) is 35.3. The van der Waals surface area contributed by atoms with Gasteiger partial charge in [0.15, 0.2) is 29.8 Å². The number of ether oxygens (including phenoxy) is 4. The first-order valence-electron chi connectivity index (χ1n) is 15.3. The highest BCUT2D eigenvalue weighted by molar-refractivity contribution is 5.89. The molecule has 2 aromatic rings. The number of rotatable bonds is 13. The van der Waals surface area contributed by atoms with E-state index in [4.69, 9.17) is 24.1 Å². The number of nitrogens with one attached hydrogen (secondary N) is 1. The van der Waals surface area contributed by atoms with E-state index >= 15 is 0 Å². The first-order valence-corrected chi connectivity index (χ1v) is 15.3. The van der Waals surface area contributed by atoms with Gasteiger partial charge >= 0.3 is 29.8 Å². The molecule has 8 atom stereocenters. The van der Waals surface area contributed by atoms with Crippen molar-refractivity contribution in [3.8, 4) is 11.5 Å². The number of carboxylic acids is 2. The standard InChI is InChI=1S/C33H35NO15/c1-3-32-22-16-9-10-17(35)26(22)48-27(32)18(11-12-33(32,45)20(13-16)34-2)46-29(42)23(38)24(39)30(43)49-25(15-7-5-4-6-8-15)31(44)47-19(28(40)41)14-21(36)37/h4-11,19-20,23-25,27,34-35,38-39,45H,3,12-14H2,1-2H3,(H,36,37)(H,40,41)/t19-,20+,23+,24+,25-,27-,32-,33+/m0/s1. The van der Waals surface area contributed by atoms with Crippen molar-refractivity contribution in [2.75, 3.05) is 7.05 Å².